The van der Waals surface area contributed by atoms with Gasteiger partial charge in [-0.2, -0.15) is 0 Å². The molecule has 0 heterocycles. The Hall–Kier alpha value is -2.04. The number of hydrogen-bond acceptors (Lipinski definition) is 2. The minimum atomic E-state index is -3.68. The van der Waals surface area contributed by atoms with Crippen molar-refractivity contribution in [3.8, 4) is 0 Å². The highest BCUT2D eigenvalue weighted by molar-refractivity contribution is 7.92. The van der Waals surface area contributed by atoms with Crippen LogP contribution in [0.5, 0.6) is 0 Å². The zero-order chi connectivity index (χ0) is 18.0. The summed E-state index contributed by atoms with van der Waals surface area (Å²) in [5.74, 6) is 0. The molecule has 25 heavy (non-hydrogen) atoms. The van der Waals surface area contributed by atoms with Gasteiger partial charge in [0.05, 0.1) is 4.90 Å². The van der Waals surface area contributed by atoms with Gasteiger partial charge in [0, 0.05) is 10.7 Å². The first-order chi connectivity index (χ1) is 12.0. The van der Waals surface area contributed by atoms with Gasteiger partial charge in [-0.25, -0.2) is 8.42 Å². The van der Waals surface area contributed by atoms with E-state index in [9.17, 15) is 8.42 Å². The first-order valence-corrected chi connectivity index (χ1v) is 10.1. The van der Waals surface area contributed by atoms with Crippen molar-refractivity contribution in [2.45, 2.75) is 31.6 Å². The highest BCUT2D eigenvalue weighted by atomic mass is 35.5. The molecule has 0 fully saturated rings. The maximum atomic E-state index is 13.0. The highest BCUT2D eigenvalue weighted by Crippen LogP contribution is 2.30. The quantitative estimate of drug-likeness (QED) is 0.649. The van der Waals surface area contributed by atoms with Gasteiger partial charge in [0.25, 0.3) is 10.0 Å². The van der Waals surface area contributed by atoms with E-state index < -0.39 is 10.0 Å². The lowest BCUT2D eigenvalue weighted by Gasteiger charge is -2.16. The molecule has 5 heteroatoms. The molecule has 0 aliphatic carbocycles. The maximum Gasteiger partial charge on any atom is 0.262 e. The number of anilines is 1. The Balaban J connectivity index is 2.15. The fourth-order valence-corrected chi connectivity index (χ4v) is 4.64. The van der Waals surface area contributed by atoms with Crippen LogP contribution in [0.25, 0.3) is 10.8 Å². The molecule has 0 aliphatic rings. The lowest BCUT2D eigenvalue weighted by atomic mass is 9.96. The van der Waals surface area contributed by atoms with Crippen LogP contribution in [0.15, 0.2) is 59.5 Å². The van der Waals surface area contributed by atoms with Crippen LogP contribution in [-0.4, -0.2) is 8.42 Å². The van der Waals surface area contributed by atoms with Crippen molar-refractivity contribution in [2.24, 2.45) is 0 Å². The van der Waals surface area contributed by atoms with Gasteiger partial charge in [-0.3, -0.25) is 4.72 Å². The summed E-state index contributed by atoms with van der Waals surface area (Å²) >= 11 is 5.87. The summed E-state index contributed by atoms with van der Waals surface area (Å²) in [5, 5.41) is 2.68. The summed E-state index contributed by atoms with van der Waals surface area (Å²) in [4.78, 5) is 0.332. The molecule has 0 amide bonds. The Kier molecular flexibility index (Phi) is 5.02. The van der Waals surface area contributed by atoms with Gasteiger partial charge in [-0.15, -0.1) is 0 Å². The van der Waals surface area contributed by atoms with Crippen LogP contribution in [0, 0.1) is 0 Å². The van der Waals surface area contributed by atoms with Crippen molar-refractivity contribution in [1.29, 1.82) is 0 Å². The van der Waals surface area contributed by atoms with Gasteiger partial charge in [0.15, 0.2) is 0 Å². The molecule has 0 spiro atoms. The SMILES string of the molecule is CCc1cccc2ccc(S(=O)(=O)Nc3ccc(Cl)cc3)c(CC)c12. The zero-order valence-electron chi connectivity index (χ0n) is 14.2. The Bertz CT molecular complexity index is 1010. The largest absolute Gasteiger partial charge is 0.280 e. The molecule has 0 saturated heterocycles. The van der Waals surface area contributed by atoms with E-state index in [4.69, 9.17) is 11.6 Å². The van der Waals surface area contributed by atoms with Crippen molar-refractivity contribution in [3.05, 3.63) is 70.7 Å². The molecule has 3 aromatic carbocycles. The van der Waals surface area contributed by atoms with Crippen molar-refractivity contribution in [3.63, 3.8) is 0 Å². The summed E-state index contributed by atoms with van der Waals surface area (Å²) in [6.07, 6.45) is 1.50. The van der Waals surface area contributed by atoms with Crippen LogP contribution in [-0.2, 0) is 22.9 Å². The van der Waals surface area contributed by atoms with Gasteiger partial charge in [-0.1, -0.05) is 49.7 Å². The number of sulfonamides is 1. The molecule has 0 aromatic heterocycles. The summed E-state index contributed by atoms with van der Waals surface area (Å²) in [6.45, 7) is 4.07. The third-order valence-electron chi connectivity index (χ3n) is 4.32. The highest BCUT2D eigenvalue weighted by Gasteiger charge is 2.20. The number of hydrogen-bond donors (Lipinski definition) is 1. The third-order valence-corrected chi connectivity index (χ3v) is 6.03. The molecule has 1 N–H and O–H groups in total. The average Bonchev–Trinajstić information content (AvgIpc) is 2.61. The molecular weight excluding hydrogens is 354 g/mol. The van der Waals surface area contributed by atoms with Gasteiger partial charge in [-0.05, 0) is 65.1 Å². The number of aryl methyl sites for hydroxylation is 2. The van der Waals surface area contributed by atoms with E-state index in [0.717, 1.165) is 28.3 Å². The second-order valence-corrected chi connectivity index (χ2v) is 7.96. The van der Waals surface area contributed by atoms with Crippen LogP contribution >= 0.6 is 11.6 Å². The second kappa shape index (κ2) is 7.06. The van der Waals surface area contributed by atoms with Crippen LogP contribution in [0.1, 0.15) is 25.0 Å². The van der Waals surface area contributed by atoms with E-state index in [0.29, 0.717) is 22.0 Å². The number of fused-ring (bicyclic) bond motifs is 1. The van der Waals surface area contributed by atoms with E-state index in [-0.39, 0.29) is 0 Å². The third kappa shape index (κ3) is 3.51. The molecule has 3 aromatic rings. The smallest absolute Gasteiger partial charge is 0.262 e. The molecule has 130 valence electrons. The fourth-order valence-electron chi connectivity index (χ4n) is 3.14. The van der Waals surface area contributed by atoms with E-state index >= 15 is 0 Å². The molecule has 3 nitrogen and oxygen atoms in total. The maximum absolute atomic E-state index is 13.0. The van der Waals surface area contributed by atoms with Crippen molar-refractivity contribution >= 4 is 38.1 Å². The molecule has 0 unspecified atom stereocenters. The summed E-state index contributed by atoms with van der Waals surface area (Å²) in [6, 6.07) is 16.3. The second-order valence-electron chi connectivity index (χ2n) is 5.88. The van der Waals surface area contributed by atoms with E-state index in [1.807, 2.05) is 25.1 Å². The Labute approximate surface area is 153 Å². The average molecular weight is 374 g/mol. The molecule has 0 bridgehead atoms. The van der Waals surface area contributed by atoms with Gasteiger partial charge < -0.3 is 0 Å². The number of halogens is 1. The Morgan fingerprint density at radius 3 is 2.28 bits per heavy atom. The topological polar surface area (TPSA) is 46.2 Å². The van der Waals surface area contributed by atoms with Crippen LogP contribution in [0.2, 0.25) is 5.02 Å². The fraction of sp³-hybridized carbons (Fsp3) is 0.200. The van der Waals surface area contributed by atoms with Crippen molar-refractivity contribution in [1.82, 2.24) is 0 Å². The normalized spacial score (nSPS) is 11.6. The molecule has 0 aliphatic heterocycles. The van der Waals surface area contributed by atoms with E-state index in [2.05, 4.69) is 17.7 Å². The predicted octanol–water partition coefficient (Wildman–Crippen LogP) is 5.42. The van der Waals surface area contributed by atoms with E-state index in [1.165, 1.54) is 0 Å². The van der Waals surface area contributed by atoms with Gasteiger partial charge in [0.2, 0.25) is 0 Å². The van der Waals surface area contributed by atoms with Gasteiger partial charge >= 0.3 is 0 Å². The number of benzene rings is 3. The van der Waals surface area contributed by atoms with E-state index in [1.54, 1.807) is 30.3 Å². The Morgan fingerprint density at radius 2 is 1.64 bits per heavy atom. The summed E-state index contributed by atoms with van der Waals surface area (Å²) < 4.78 is 28.6. The lowest BCUT2D eigenvalue weighted by molar-refractivity contribution is 0.600. The number of nitrogens with one attached hydrogen (secondary N) is 1. The molecule has 0 atom stereocenters. The number of rotatable bonds is 5. The molecule has 3 rings (SSSR count). The Morgan fingerprint density at radius 1 is 0.920 bits per heavy atom. The first-order valence-electron chi connectivity index (χ1n) is 8.28. The molecule has 0 radical (unpaired) electrons. The monoisotopic (exact) mass is 373 g/mol. The molecule has 0 saturated carbocycles. The summed E-state index contributed by atoms with van der Waals surface area (Å²) in [7, 11) is -3.68. The van der Waals surface area contributed by atoms with Crippen molar-refractivity contribution in [2.75, 3.05) is 4.72 Å². The molecular formula is C20H20ClNO2S. The van der Waals surface area contributed by atoms with Crippen LogP contribution < -0.4 is 4.72 Å². The van der Waals surface area contributed by atoms with Crippen LogP contribution in [0.3, 0.4) is 0 Å². The zero-order valence-corrected chi connectivity index (χ0v) is 15.8. The van der Waals surface area contributed by atoms with Gasteiger partial charge in [0.1, 0.15) is 0 Å². The minimum absolute atomic E-state index is 0.332. The lowest BCUT2D eigenvalue weighted by Crippen LogP contribution is -2.15. The standard InChI is InChI=1S/C20H20ClNO2S/c1-3-14-6-5-7-15-8-13-19(18(4-2)20(14)15)25(23,24)22-17-11-9-16(21)10-12-17/h5-13,22H,3-4H2,1-2H3. The first kappa shape index (κ1) is 17.8. The predicted molar refractivity (Wildman–Crippen MR) is 105 cm³/mol. The minimum Gasteiger partial charge on any atom is -0.280 e. The van der Waals surface area contributed by atoms with Crippen molar-refractivity contribution < 1.29 is 8.42 Å². The van der Waals surface area contributed by atoms with Crippen LogP contribution in [0.4, 0.5) is 5.69 Å². The summed E-state index contributed by atoms with van der Waals surface area (Å²) in [5.41, 5.74) is 2.52.